The monoisotopic (exact) mass is 343 g/mol. The molecule has 0 spiro atoms. The van der Waals surface area contributed by atoms with Gasteiger partial charge in [0.25, 0.3) is 0 Å². The molecule has 0 radical (unpaired) electrons. The number of piperidine rings is 1. The molecule has 132 valence electrons. The lowest BCUT2D eigenvalue weighted by Gasteiger charge is -2.32. The molecular weight excluding hydrogens is 323 g/mol. The van der Waals surface area contributed by atoms with Crippen molar-refractivity contribution in [2.45, 2.75) is 32.0 Å². The Labute approximate surface area is 138 Å². The van der Waals surface area contributed by atoms with Crippen LogP contribution in [0.5, 0.6) is 0 Å². The van der Waals surface area contributed by atoms with E-state index < -0.39 is 23.8 Å². The molecule has 2 rings (SSSR count). The van der Waals surface area contributed by atoms with Gasteiger partial charge in [-0.3, -0.25) is 4.79 Å². The zero-order chi connectivity index (χ0) is 17.9. The number of halogens is 3. The standard InChI is InChI=1S/C16H20F3N3O2/c1-10(12-4-2-3-5-13(12)16(17,18)19)21-15(24)22-8-6-11(7-9-22)14(20)23/h2-5,10-11H,6-9H2,1H3,(H2,20,23)(H,21,24)/t10-/m0/s1. The predicted octanol–water partition coefficient (Wildman–Crippen LogP) is 2.67. The van der Waals surface area contributed by atoms with Crippen LogP contribution < -0.4 is 11.1 Å². The Morgan fingerprint density at radius 2 is 1.83 bits per heavy atom. The molecule has 0 aromatic heterocycles. The van der Waals surface area contributed by atoms with E-state index in [4.69, 9.17) is 5.73 Å². The first-order valence-electron chi connectivity index (χ1n) is 7.71. The van der Waals surface area contributed by atoms with Gasteiger partial charge in [0.2, 0.25) is 5.91 Å². The Balaban J connectivity index is 2.02. The van der Waals surface area contributed by atoms with Crippen molar-refractivity contribution in [2.75, 3.05) is 13.1 Å². The number of nitrogens with one attached hydrogen (secondary N) is 1. The van der Waals surface area contributed by atoms with E-state index in [1.807, 2.05) is 0 Å². The summed E-state index contributed by atoms with van der Waals surface area (Å²) in [4.78, 5) is 24.9. The molecule has 24 heavy (non-hydrogen) atoms. The van der Waals surface area contributed by atoms with Gasteiger partial charge in [-0.1, -0.05) is 18.2 Å². The smallest absolute Gasteiger partial charge is 0.369 e. The molecular formula is C16H20F3N3O2. The van der Waals surface area contributed by atoms with Gasteiger partial charge in [-0.15, -0.1) is 0 Å². The third-order valence-electron chi connectivity index (χ3n) is 4.26. The largest absolute Gasteiger partial charge is 0.416 e. The van der Waals surface area contributed by atoms with Crippen molar-refractivity contribution in [1.29, 1.82) is 0 Å². The first-order chi connectivity index (χ1) is 11.2. The van der Waals surface area contributed by atoms with Crippen LogP contribution in [0.25, 0.3) is 0 Å². The zero-order valence-corrected chi connectivity index (χ0v) is 13.3. The summed E-state index contributed by atoms with van der Waals surface area (Å²) in [6, 6.07) is 3.94. The van der Waals surface area contributed by atoms with Crippen molar-refractivity contribution in [2.24, 2.45) is 11.7 Å². The Kier molecular flexibility index (Phi) is 5.36. The van der Waals surface area contributed by atoms with Crippen LogP contribution in [0.3, 0.4) is 0 Å². The lowest BCUT2D eigenvalue weighted by Crippen LogP contribution is -2.47. The number of carbonyl (C=O) groups is 2. The van der Waals surface area contributed by atoms with Gasteiger partial charge in [0.05, 0.1) is 11.6 Å². The maximum atomic E-state index is 13.1. The van der Waals surface area contributed by atoms with E-state index in [1.54, 1.807) is 0 Å². The third kappa shape index (κ3) is 4.18. The summed E-state index contributed by atoms with van der Waals surface area (Å²) >= 11 is 0. The Bertz CT molecular complexity index is 611. The molecule has 1 aliphatic heterocycles. The third-order valence-corrected chi connectivity index (χ3v) is 4.26. The SMILES string of the molecule is C[C@H](NC(=O)N1CCC(C(N)=O)CC1)c1ccccc1C(F)(F)F. The van der Waals surface area contributed by atoms with Gasteiger partial charge in [-0.25, -0.2) is 4.79 Å². The molecule has 5 nitrogen and oxygen atoms in total. The van der Waals surface area contributed by atoms with Crippen molar-refractivity contribution < 1.29 is 22.8 Å². The summed E-state index contributed by atoms with van der Waals surface area (Å²) in [6.07, 6.45) is -3.54. The summed E-state index contributed by atoms with van der Waals surface area (Å²) in [5, 5.41) is 2.59. The van der Waals surface area contributed by atoms with Gasteiger partial charge in [0.15, 0.2) is 0 Å². The van der Waals surface area contributed by atoms with E-state index in [2.05, 4.69) is 5.32 Å². The van der Waals surface area contributed by atoms with Crippen LogP contribution in [0.1, 0.15) is 36.9 Å². The van der Waals surface area contributed by atoms with E-state index in [-0.39, 0.29) is 17.4 Å². The highest BCUT2D eigenvalue weighted by Gasteiger charge is 2.35. The van der Waals surface area contributed by atoms with Crippen molar-refractivity contribution in [3.05, 3.63) is 35.4 Å². The number of nitrogens with two attached hydrogens (primary N) is 1. The molecule has 1 atom stereocenters. The zero-order valence-electron chi connectivity index (χ0n) is 13.3. The number of rotatable bonds is 3. The molecule has 3 amide bonds. The summed E-state index contributed by atoms with van der Waals surface area (Å²) in [5.41, 5.74) is 4.50. The van der Waals surface area contributed by atoms with Crippen LogP contribution in [0.15, 0.2) is 24.3 Å². The molecule has 0 unspecified atom stereocenters. The van der Waals surface area contributed by atoms with Crippen LogP contribution in [-0.4, -0.2) is 29.9 Å². The molecule has 0 bridgehead atoms. The van der Waals surface area contributed by atoms with Gasteiger partial charge < -0.3 is 16.0 Å². The average molecular weight is 343 g/mol. The quantitative estimate of drug-likeness (QED) is 0.885. The average Bonchev–Trinajstić information content (AvgIpc) is 2.54. The molecule has 1 saturated heterocycles. The van der Waals surface area contributed by atoms with E-state index in [0.717, 1.165) is 6.07 Å². The van der Waals surface area contributed by atoms with Gasteiger partial charge in [-0.05, 0) is 31.4 Å². The second kappa shape index (κ2) is 7.11. The van der Waals surface area contributed by atoms with Crippen LogP contribution >= 0.6 is 0 Å². The topological polar surface area (TPSA) is 75.4 Å². The lowest BCUT2D eigenvalue weighted by molar-refractivity contribution is -0.138. The summed E-state index contributed by atoms with van der Waals surface area (Å²) in [5.74, 6) is -0.639. The van der Waals surface area contributed by atoms with Crippen molar-refractivity contribution in [3.63, 3.8) is 0 Å². The fourth-order valence-corrected chi connectivity index (χ4v) is 2.85. The fraction of sp³-hybridized carbons (Fsp3) is 0.500. The second-order valence-corrected chi connectivity index (χ2v) is 5.92. The molecule has 0 saturated carbocycles. The second-order valence-electron chi connectivity index (χ2n) is 5.92. The number of urea groups is 1. The summed E-state index contributed by atoms with van der Waals surface area (Å²) in [6.45, 7) is 2.22. The van der Waals surface area contributed by atoms with E-state index in [1.165, 1.54) is 30.0 Å². The summed E-state index contributed by atoms with van der Waals surface area (Å²) in [7, 11) is 0. The lowest BCUT2D eigenvalue weighted by atomic mass is 9.96. The molecule has 1 fully saturated rings. The minimum Gasteiger partial charge on any atom is -0.369 e. The van der Waals surface area contributed by atoms with Gasteiger partial charge in [-0.2, -0.15) is 13.2 Å². The fourth-order valence-electron chi connectivity index (χ4n) is 2.85. The molecule has 1 aromatic carbocycles. The van der Waals surface area contributed by atoms with E-state index in [9.17, 15) is 22.8 Å². The molecule has 3 N–H and O–H groups in total. The van der Waals surface area contributed by atoms with Crippen LogP contribution in [0.2, 0.25) is 0 Å². The van der Waals surface area contributed by atoms with Crippen molar-refractivity contribution in [3.8, 4) is 0 Å². The minimum absolute atomic E-state index is 0.0189. The number of likely N-dealkylation sites (tertiary alicyclic amines) is 1. The van der Waals surface area contributed by atoms with Gasteiger partial charge >= 0.3 is 12.2 Å². The maximum absolute atomic E-state index is 13.1. The molecule has 0 aliphatic carbocycles. The van der Waals surface area contributed by atoms with Gasteiger partial charge in [0, 0.05) is 19.0 Å². The Hall–Kier alpha value is -2.25. The number of alkyl halides is 3. The number of nitrogens with zero attached hydrogens (tertiary/aromatic N) is 1. The van der Waals surface area contributed by atoms with Crippen LogP contribution in [0.4, 0.5) is 18.0 Å². The highest BCUT2D eigenvalue weighted by Crippen LogP contribution is 2.34. The first-order valence-corrected chi connectivity index (χ1v) is 7.71. The number of carbonyl (C=O) groups excluding carboxylic acids is 2. The van der Waals surface area contributed by atoms with E-state index in [0.29, 0.717) is 25.9 Å². The molecule has 1 aliphatic rings. The number of hydrogen-bond donors (Lipinski definition) is 2. The van der Waals surface area contributed by atoms with Crippen LogP contribution in [0, 0.1) is 5.92 Å². The predicted molar refractivity (Wildman–Crippen MR) is 81.9 cm³/mol. The Morgan fingerprint density at radius 3 is 2.38 bits per heavy atom. The number of amides is 3. The number of primary amides is 1. The Morgan fingerprint density at radius 1 is 1.25 bits per heavy atom. The number of benzene rings is 1. The highest BCUT2D eigenvalue weighted by atomic mass is 19.4. The molecule has 1 aromatic rings. The van der Waals surface area contributed by atoms with Gasteiger partial charge in [0.1, 0.15) is 0 Å². The minimum atomic E-state index is -4.48. The molecule has 8 heteroatoms. The number of hydrogen-bond acceptors (Lipinski definition) is 2. The first kappa shape index (κ1) is 18.1. The van der Waals surface area contributed by atoms with E-state index >= 15 is 0 Å². The van der Waals surface area contributed by atoms with Crippen LogP contribution in [-0.2, 0) is 11.0 Å². The van der Waals surface area contributed by atoms with Crippen molar-refractivity contribution in [1.82, 2.24) is 10.2 Å². The maximum Gasteiger partial charge on any atom is 0.416 e. The van der Waals surface area contributed by atoms with Crippen molar-refractivity contribution >= 4 is 11.9 Å². The normalized spacial score (nSPS) is 17.4. The molecule has 1 heterocycles. The summed E-state index contributed by atoms with van der Waals surface area (Å²) < 4.78 is 39.2. The highest BCUT2D eigenvalue weighted by molar-refractivity contribution is 5.78.